The van der Waals surface area contributed by atoms with Gasteiger partial charge in [0, 0.05) is 56.6 Å². The number of nitrogens with one attached hydrogen (secondary N) is 1. The third-order valence-electron chi connectivity index (χ3n) is 7.56. The number of rotatable bonds is 10. The zero-order valence-electron chi connectivity index (χ0n) is 22.6. The second kappa shape index (κ2) is 12.5. The molecule has 1 aromatic carbocycles. The minimum absolute atomic E-state index is 0.443. The van der Waals surface area contributed by atoms with Gasteiger partial charge < -0.3 is 14.8 Å². The van der Waals surface area contributed by atoms with E-state index in [1.54, 1.807) is 11.3 Å². The fourth-order valence-electron chi connectivity index (χ4n) is 5.27. The van der Waals surface area contributed by atoms with E-state index >= 15 is 0 Å². The van der Waals surface area contributed by atoms with Gasteiger partial charge in [-0.3, -0.25) is 9.80 Å². The van der Waals surface area contributed by atoms with Gasteiger partial charge in [-0.2, -0.15) is 0 Å². The molecule has 7 nitrogen and oxygen atoms in total. The van der Waals surface area contributed by atoms with Crippen molar-refractivity contribution in [1.29, 1.82) is 0 Å². The zero-order valence-corrected chi connectivity index (χ0v) is 23.4. The Bertz CT molecular complexity index is 1170. The molecule has 4 heterocycles. The third kappa shape index (κ3) is 6.79. The molecular weight excluding hydrogens is 482 g/mol. The van der Waals surface area contributed by atoms with Gasteiger partial charge in [-0.15, -0.1) is 11.3 Å². The first-order valence-electron chi connectivity index (χ1n) is 13.9. The molecular formula is C29H41N5O2S. The Morgan fingerprint density at radius 2 is 1.89 bits per heavy atom. The summed E-state index contributed by atoms with van der Waals surface area (Å²) in [5, 5.41) is 5.04. The number of fused-ring (bicyclic) bond motifs is 1. The van der Waals surface area contributed by atoms with Crippen molar-refractivity contribution in [2.24, 2.45) is 0 Å². The SMILES string of the molecule is CCCc1nc(NC2CCN(Cc3cccc(OCCN4CCOCC4)c3)CC2)c2c(C)c(C)sc2n1. The van der Waals surface area contributed by atoms with Gasteiger partial charge in [-0.1, -0.05) is 19.1 Å². The fourth-order valence-corrected chi connectivity index (χ4v) is 6.32. The summed E-state index contributed by atoms with van der Waals surface area (Å²) in [5.74, 6) is 2.97. The smallest absolute Gasteiger partial charge is 0.139 e. The van der Waals surface area contributed by atoms with Crippen LogP contribution < -0.4 is 10.1 Å². The molecule has 0 saturated carbocycles. The molecule has 0 atom stereocenters. The van der Waals surface area contributed by atoms with E-state index in [1.165, 1.54) is 21.4 Å². The van der Waals surface area contributed by atoms with Crippen LogP contribution in [0.2, 0.25) is 0 Å². The molecule has 2 aliphatic heterocycles. The highest BCUT2D eigenvalue weighted by Gasteiger charge is 2.22. The average Bonchev–Trinajstić information content (AvgIpc) is 3.19. The largest absolute Gasteiger partial charge is 0.492 e. The van der Waals surface area contributed by atoms with E-state index in [0.717, 1.165) is 107 Å². The van der Waals surface area contributed by atoms with Crippen molar-refractivity contribution in [3.8, 4) is 5.75 Å². The number of likely N-dealkylation sites (tertiary alicyclic amines) is 1. The summed E-state index contributed by atoms with van der Waals surface area (Å²) in [4.78, 5) is 17.2. The van der Waals surface area contributed by atoms with Crippen LogP contribution in [-0.4, -0.2) is 78.4 Å². The van der Waals surface area contributed by atoms with Crippen molar-refractivity contribution in [3.05, 3.63) is 46.1 Å². The van der Waals surface area contributed by atoms with Crippen LogP contribution in [0, 0.1) is 13.8 Å². The Labute approximate surface area is 225 Å². The Hall–Kier alpha value is -2.26. The van der Waals surface area contributed by atoms with Crippen molar-refractivity contribution in [2.75, 3.05) is 57.9 Å². The van der Waals surface area contributed by atoms with Crippen molar-refractivity contribution >= 4 is 27.4 Å². The van der Waals surface area contributed by atoms with Crippen LogP contribution in [0.25, 0.3) is 10.2 Å². The number of hydrogen-bond acceptors (Lipinski definition) is 8. The monoisotopic (exact) mass is 523 g/mol. The highest BCUT2D eigenvalue weighted by atomic mass is 32.1. The second-order valence-electron chi connectivity index (χ2n) is 10.3. The summed E-state index contributed by atoms with van der Waals surface area (Å²) in [5.41, 5.74) is 2.64. The first-order chi connectivity index (χ1) is 18.1. The Kier molecular flexibility index (Phi) is 8.92. The number of ether oxygens (including phenoxy) is 2. The fraction of sp³-hybridized carbons (Fsp3) is 0.586. The molecule has 2 aromatic heterocycles. The van der Waals surface area contributed by atoms with Gasteiger partial charge in [0.2, 0.25) is 0 Å². The number of thiophene rings is 1. The number of aromatic nitrogens is 2. The van der Waals surface area contributed by atoms with Crippen LogP contribution in [0.15, 0.2) is 24.3 Å². The number of piperidine rings is 1. The number of morpholine rings is 1. The maximum absolute atomic E-state index is 6.07. The summed E-state index contributed by atoms with van der Waals surface area (Å²) in [6.45, 7) is 15.1. The van der Waals surface area contributed by atoms with E-state index in [1.807, 2.05) is 0 Å². The third-order valence-corrected chi connectivity index (χ3v) is 8.66. The molecule has 2 fully saturated rings. The predicted octanol–water partition coefficient (Wildman–Crippen LogP) is 5.05. The number of aryl methyl sites for hydroxylation is 3. The minimum Gasteiger partial charge on any atom is -0.492 e. The molecule has 0 radical (unpaired) electrons. The van der Waals surface area contributed by atoms with Gasteiger partial charge in [0.05, 0.1) is 18.6 Å². The van der Waals surface area contributed by atoms with E-state index in [0.29, 0.717) is 6.04 Å². The zero-order chi connectivity index (χ0) is 25.6. The molecule has 0 spiro atoms. The topological polar surface area (TPSA) is 62.8 Å². The van der Waals surface area contributed by atoms with Gasteiger partial charge in [-0.25, -0.2) is 9.97 Å². The summed E-state index contributed by atoms with van der Waals surface area (Å²) in [7, 11) is 0. The first kappa shape index (κ1) is 26.4. The Balaban J connectivity index is 1.14. The maximum Gasteiger partial charge on any atom is 0.139 e. The molecule has 0 unspecified atom stereocenters. The summed E-state index contributed by atoms with van der Waals surface area (Å²) in [6, 6.07) is 9.06. The van der Waals surface area contributed by atoms with Gasteiger partial charge in [-0.05, 0) is 56.4 Å². The normalized spacial score (nSPS) is 17.9. The second-order valence-corrected chi connectivity index (χ2v) is 11.5. The molecule has 8 heteroatoms. The number of hydrogen-bond donors (Lipinski definition) is 1. The standard InChI is InChI=1S/C29H41N5O2S/c1-4-6-26-31-28(27-21(2)22(3)37-29(27)32-26)30-24-9-11-34(12-10-24)20-23-7-5-8-25(19-23)36-18-15-33-13-16-35-17-14-33/h5,7-8,19,24H,4,6,9-18,20H2,1-3H3,(H,30,31,32). The molecule has 3 aromatic rings. The highest BCUT2D eigenvalue weighted by Crippen LogP contribution is 2.34. The summed E-state index contributed by atoms with van der Waals surface area (Å²) >= 11 is 1.79. The van der Waals surface area contributed by atoms with Crippen molar-refractivity contribution in [1.82, 2.24) is 19.8 Å². The van der Waals surface area contributed by atoms with Crippen molar-refractivity contribution in [3.63, 3.8) is 0 Å². The predicted molar refractivity (Wildman–Crippen MR) is 152 cm³/mol. The van der Waals surface area contributed by atoms with Gasteiger partial charge in [0.1, 0.15) is 28.8 Å². The lowest BCUT2D eigenvalue weighted by molar-refractivity contribution is 0.0322. The van der Waals surface area contributed by atoms with E-state index in [4.69, 9.17) is 19.4 Å². The van der Waals surface area contributed by atoms with Crippen LogP contribution >= 0.6 is 11.3 Å². The lowest BCUT2D eigenvalue weighted by atomic mass is 10.0. The van der Waals surface area contributed by atoms with Crippen LogP contribution in [0.1, 0.15) is 48.0 Å². The maximum atomic E-state index is 6.07. The lowest BCUT2D eigenvalue weighted by Gasteiger charge is -2.33. The number of anilines is 1. The van der Waals surface area contributed by atoms with Crippen molar-refractivity contribution in [2.45, 2.75) is 59.0 Å². The van der Waals surface area contributed by atoms with E-state index < -0.39 is 0 Å². The van der Waals surface area contributed by atoms with Crippen LogP contribution in [0.5, 0.6) is 5.75 Å². The molecule has 0 amide bonds. The molecule has 2 aliphatic rings. The van der Waals surface area contributed by atoms with Gasteiger partial charge in [0.25, 0.3) is 0 Å². The molecule has 0 aliphatic carbocycles. The minimum atomic E-state index is 0.443. The molecule has 200 valence electrons. The molecule has 37 heavy (non-hydrogen) atoms. The van der Waals surface area contributed by atoms with Crippen molar-refractivity contribution < 1.29 is 9.47 Å². The van der Waals surface area contributed by atoms with Gasteiger partial charge >= 0.3 is 0 Å². The molecule has 5 rings (SSSR count). The average molecular weight is 524 g/mol. The first-order valence-corrected chi connectivity index (χ1v) is 14.7. The van der Waals surface area contributed by atoms with E-state index in [2.05, 4.69) is 60.2 Å². The van der Waals surface area contributed by atoms with Gasteiger partial charge in [0.15, 0.2) is 0 Å². The Morgan fingerprint density at radius 1 is 1.08 bits per heavy atom. The summed E-state index contributed by atoms with van der Waals surface area (Å²) in [6.07, 6.45) is 4.22. The van der Waals surface area contributed by atoms with Crippen LogP contribution in [0.3, 0.4) is 0 Å². The Morgan fingerprint density at radius 3 is 2.68 bits per heavy atom. The summed E-state index contributed by atoms with van der Waals surface area (Å²) < 4.78 is 11.5. The highest BCUT2D eigenvalue weighted by molar-refractivity contribution is 7.18. The number of benzene rings is 1. The molecule has 2 saturated heterocycles. The van der Waals surface area contributed by atoms with Crippen LogP contribution in [0.4, 0.5) is 5.82 Å². The van der Waals surface area contributed by atoms with E-state index in [-0.39, 0.29) is 0 Å². The van der Waals surface area contributed by atoms with Crippen LogP contribution in [-0.2, 0) is 17.7 Å². The quantitative estimate of drug-likeness (QED) is 0.399. The molecule has 0 bridgehead atoms. The molecule has 1 N–H and O–H groups in total. The lowest BCUT2D eigenvalue weighted by Crippen LogP contribution is -2.39. The number of nitrogens with zero attached hydrogens (tertiary/aromatic N) is 4. The van der Waals surface area contributed by atoms with E-state index in [9.17, 15) is 0 Å².